The van der Waals surface area contributed by atoms with Gasteiger partial charge in [0.05, 0.1) is 19.0 Å². The molecule has 1 heterocycles. The maximum atomic E-state index is 5.81. The molecule has 0 radical (unpaired) electrons. The summed E-state index contributed by atoms with van der Waals surface area (Å²) in [6, 6.07) is 3.83. The van der Waals surface area contributed by atoms with Gasteiger partial charge in [-0.05, 0) is 30.2 Å². The van der Waals surface area contributed by atoms with E-state index < -0.39 is 0 Å². The summed E-state index contributed by atoms with van der Waals surface area (Å²) in [5.74, 6) is 0.691. The van der Waals surface area contributed by atoms with Crippen molar-refractivity contribution < 1.29 is 4.74 Å². The number of rotatable bonds is 2. The van der Waals surface area contributed by atoms with E-state index in [1.54, 1.807) is 13.3 Å². The van der Waals surface area contributed by atoms with Crippen LogP contribution in [0.4, 0.5) is 5.69 Å². The fourth-order valence-electron chi connectivity index (χ4n) is 1.60. The van der Waals surface area contributed by atoms with Crippen LogP contribution in [0.3, 0.4) is 0 Å². The molecule has 4 nitrogen and oxygen atoms in total. The number of nitrogens with two attached hydrogens (primary N) is 1. The molecule has 2 aromatic rings. The smallest absolute Gasteiger partial charge is 0.142 e. The average molecular weight is 203 g/mol. The second-order valence-corrected chi connectivity index (χ2v) is 3.40. The van der Waals surface area contributed by atoms with Crippen molar-refractivity contribution in [2.45, 2.75) is 6.92 Å². The zero-order valence-corrected chi connectivity index (χ0v) is 8.74. The topological polar surface area (TPSA) is 63.9 Å². The minimum atomic E-state index is 0.655. The quantitative estimate of drug-likeness (QED) is 0.733. The fourth-order valence-corrected chi connectivity index (χ4v) is 1.60. The lowest BCUT2D eigenvalue weighted by atomic mass is 10.0. The number of hydrogen-bond donors (Lipinski definition) is 2. The lowest BCUT2D eigenvalue weighted by Crippen LogP contribution is -1.94. The van der Waals surface area contributed by atoms with Crippen molar-refractivity contribution in [2.24, 2.45) is 0 Å². The first kappa shape index (κ1) is 9.58. The first-order valence-electron chi connectivity index (χ1n) is 4.65. The number of hydrogen-bond acceptors (Lipinski definition) is 3. The highest BCUT2D eigenvalue weighted by Crippen LogP contribution is 2.31. The largest absolute Gasteiger partial charge is 0.495 e. The van der Waals surface area contributed by atoms with Crippen molar-refractivity contribution in [3.8, 4) is 16.9 Å². The Kier molecular flexibility index (Phi) is 2.33. The van der Waals surface area contributed by atoms with Gasteiger partial charge in [0.25, 0.3) is 0 Å². The molecular formula is C11H13N3O. The van der Waals surface area contributed by atoms with Gasteiger partial charge in [-0.25, -0.2) is 0 Å². The summed E-state index contributed by atoms with van der Waals surface area (Å²) in [4.78, 5) is 0. The number of methoxy groups -OCH3 is 1. The third-order valence-corrected chi connectivity index (χ3v) is 2.39. The van der Waals surface area contributed by atoms with Gasteiger partial charge < -0.3 is 10.5 Å². The van der Waals surface area contributed by atoms with Crippen molar-refractivity contribution in [3.63, 3.8) is 0 Å². The Morgan fingerprint density at radius 2 is 2.20 bits per heavy atom. The van der Waals surface area contributed by atoms with Gasteiger partial charge in [-0.15, -0.1) is 0 Å². The summed E-state index contributed by atoms with van der Waals surface area (Å²) in [6.45, 7) is 2.01. The van der Waals surface area contributed by atoms with E-state index in [0.29, 0.717) is 11.4 Å². The van der Waals surface area contributed by atoms with Gasteiger partial charge in [-0.1, -0.05) is 0 Å². The monoisotopic (exact) mass is 203 g/mol. The highest BCUT2D eigenvalue weighted by Gasteiger charge is 2.07. The molecule has 78 valence electrons. The van der Waals surface area contributed by atoms with E-state index in [2.05, 4.69) is 10.2 Å². The molecule has 0 atom stereocenters. The van der Waals surface area contributed by atoms with Gasteiger partial charge in [0, 0.05) is 11.8 Å². The molecule has 2 rings (SSSR count). The lowest BCUT2D eigenvalue weighted by molar-refractivity contribution is 0.417. The van der Waals surface area contributed by atoms with Crippen LogP contribution in [0, 0.1) is 6.92 Å². The maximum Gasteiger partial charge on any atom is 0.142 e. The molecule has 0 amide bonds. The van der Waals surface area contributed by atoms with E-state index in [1.165, 1.54) is 0 Å². The van der Waals surface area contributed by atoms with Gasteiger partial charge in [0.1, 0.15) is 5.75 Å². The number of nitrogen functional groups attached to an aromatic ring is 1. The molecule has 0 aliphatic heterocycles. The Balaban J connectivity index is 2.57. The molecular weight excluding hydrogens is 190 g/mol. The van der Waals surface area contributed by atoms with Crippen LogP contribution in [-0.2, 0) is 0 Å². The van der Waals surface area contributed by atoms with Crippen molar-refractivity contribution in [2.75, 3.05) is 12.8 Å². The molecule has 3 N–H and O–H groups in total. The molecule has 1 aromatic heterocycles. The number of nitrogens with zero attached hydrogens (tertiary/aromatic N) is 1. The number of nitrogens with one attached hydrogen (secondary N) is 1. The van der Waals surface area contributed by atoms with Crippen molar-refractivity contribution in [3.05, 3.63) is 30.1 Å². The van der Waals surface area contributed by atoms with Crippen LogP contribution in [0.2, 0.25) is 0 Å². The number of ether oxygens (including phenoxy) is 1. The van der Waals surface area contributed by atoms with Crippen molar-refractivity contribution in [1.82, 2.24) is 10.2 Å². The molecule has 0 bridgehead atoms. The van der Waals surface area contributed by atoms with E-state index >= 15 is 0 Å². The average Bonchev–Trinajstić information content (AvgIpc) is 2.71. The predicted octanol–water partition coefficient (Wildman–Crippen LogP) is 1.98. The van der Waals surface area contributed by atoms with Gasteiger partial charge in [0.15, 0.2) is 0 Å². The molecule has 0 unspecified atom stereocenters. The number of benzene rings is 1. The SMILES string of the molecule is COc1cc(-c2cn[nH]c2)c(C)cc1N. The van der Waals surface area contributed by atoms with Gasteiger partial charge >= 0.3 is 0 Å². The summed E-state index contributed by atoms with van der Waals surface area (Å²) in [5, 5.41) is 6.71. The third kappa shape index (κ3) is 1.66. The summed E-state index contributed by atoms with van der Waals surface area (Å²) in [6.07, 6.45) is 3.62. The molecule has 0 saturated carbocycles. The number of H-pyrrole nitrogens is 1. The Morgan fingerprint density at radius 3 is 2.80 bits per heavy atom. The van der Waals surface area contributed by atoms with E-state index in [9.17, 15) is 0 Å². The third-order valence-electron chi connectivity index (χ3n) is 2.39. The summed E-state index contributed by atoms with van der Waals surface area (Å²) < 4.78 is 5.18. The Morgan fingerprint density at radius 1 is 1.40 bits per heavy atom. The van der Waals surface area contributed by atoms with Gasteiger partial charge in [-0.3, -0.25) is 5.10 Å². The Bertz CT molecular complexity index is 463. The minimum absolute atomic E-state index is 0.655. The highest BCUT2D eigenvalue weighted by molar-refractivity contribution is 5.72. The summed E-state index contributed by atoms with van der Waals surface area (Å²) >= 11 is 0. The lowest BCUT2D eigenvalue weighted by Gasteiger charge is -2.09. The second kappa shape index (κ2) is 3.65. The predicted molar refractivity (Wildman–Crippen MR) is 59.7 cm³/mol. The molecule has 0 saturated heterocycles. The van der Waals surface area contributed by atoms with E-state index in [-0.39, 0.29) is 0 Å². The standard InChI is InChI=1S/C11H13N3O/c1-7-3-10(12)11(15-2)4-9(7)8-5-13-14-6-8/h3-6H,12H2,1-2H3,(H,13,14). The number of aromatic nitrogens is 2. The van der Waals surface area contributed by atoms with Crippen LogP contribution < -0.4 is 10.5 Å². The van der Waals surface area contributed by atoms with Crippen molar-refractivity contribution >= 4 is 5.69 Å². The Labute approximate surface area is 88.1 Å². The van der Waals surface area contributed by atoms with E-state index in [0.717, 1.165) is 16.7 Å². The summed E-state index contributed by atoms with van der Waals surface area (Å²) in [5.41, 5.74) is 9.68. The van der Waals surface area contributed by atoms with Gasteiger partial charge in [0.2, 0.25) is 0 Å². The number of aromatic amines is 1. The van der Waals surface area contributed by atoms with E-state index in [1.807, 2.05) is 25.3 Å². The van der Waals surface area contributed by atoms with Crippen LogP contribution in [0.15, 0.2) is 24.5 Å². The van der Waals surface area contributed by atoms with Crippen LogP contribution in [0.25, 0.3) is 11.1 Å². The van der Waals surface area contributed by atoms with Crippen LogP contribution >= 0.6 is 0 Å². The zero-order chi connectivity index (χ0) is 10.8. The molecule has 1 aromatic carbocycles. The first-order chi connectivity index (χ1) is 7.22. The number of aryl methyl sites for hydroxylation is 1. The fraction of sp³-hybridized carbons (Fsp3) is 0.182. The van der Waals surface area contributed by atoms with Gasteiger partial charge in [-0.2, -0.15) is 5.10 Å². The van der Waals surface area contributed by atoms with Crippen molar-refractivity contribution in [1.29, 1.82) is 0 Å². The van der Waals surface area contributed by atoms with Crippen LogP contribution in [-0.4, -0.2) is 17.3 Å². The molecule has 0 aliphatic carbocycles. The van der Waals surface area contributed by atoms with Crippen LogP contribution in [0.5, 0.6) is 5.75 Å². The Hall–Kier alpha value is -1.97. The first-order valence-corrected chi connectivity index (χ1v) is 4.65. The molecule has 4 heteroatoms. The summed E-state index contributed by atoms with van der Waals surface area (Å²) in [7, 11) is 1.61. The second-order valence-electron chi connectivity index (χ2n) is 3.40. The molecule has 0 spiro atoms. The zero-order valence-electron chi connectivity index (χ0n) is 8.74. The highest BCUT2D eigenvalue weighted by atomic mass is 16.5. The molecule has 0 aliphatic rings. The van der Waals surface area contributed by atoms with E-state index in [4.69, 9.17) is 10.5 Å². The minimum Gasteiger partial charge on any atom is -0.495 e. The normalized spacial score (nSPS) is 10.3. The maximum absolute atomic E-state index is 5.81. The molecule has 0 fully saturated rings. The molecule has 15 heavy (non-hydrogen) atoms. The van der Waals surface area contributed by atoms with Crippen LogP contribution in [0.1, 0.15) is 5.56 Å². The number of anilines is 1.